The molecule has 0 aromatic heterocycles. The zero-order valence-corrected chi connectivity index (χ0v) is 44.7. The molecule has 5 rings (SSSR count). The van der Waals surface area contributed by atoms with Crippen molar-refractivity contribution < 1.29 is 70.5 Å². The minimum atomic E-state index is -4.02. The van der Waals surface area contributed by atoms with Crippen LogP contribution in [-0.4, -0.2) is 114 Å². The zero-order valence-electron chi connectivity index (χ0n) is 40.8. The van der Waals surface area contributed by atoms with Gasteiger partial charge >= 0.3 is 0 Å². The average molecular weight is 1220 g/mol. The summed E-state index contributed by atoms with van der Waals surface area (Å²) in [6.45, 7) is 3.68. The minimum absolute atomic E-state index is 0.00471. The first-order valence-electron chi connectivity index (χ1n) is 20.3. The highest BCUT2D eigenvalue weighted by molar-refractivity contribution is 9.10. The summed E-state index contributed by atoms with van der Waals surface area (Å²) in [6.07, 6.45) is 3.47. The topological polar surface area (TPSA) is 515 Å². The maximum absolute atomic E-state index is 10.8. The van der Waals surface area contributed by atoms with Crippen molar-refractivity contribution in [2.75, 3.05) is 21.3 Å². The molecular formula is C41H47BrClN15O18S2. The molecule has 14 N–H and O–H groups in total. The highest BCUT2D eigenvalue weighted by Crippen LogP contribution is 2.44. The number of nitro benzene ring substituents is 3. The van der Waals surface area contributed by atoms with E-state index in [0.717, 1.165) is 41.8 Å². The monoisotopic (exact) mass is 1220 g/mol. The Balaban J connectivity index is 0.000000497. The van der Waals surface area contributed by atoms with Crippen molar-refractivity contribution in [1.29, 1.82) is 0 Å². The second kappa shape index (κ2) is 33.1. The van der Waals surface area contributed by atoms with E-state index in [-0.39, 0.29) is 43.5 Å². The molecule has 0 saturated heterocycles. The Bertz CT molecular complexity index is 3210. The lowest BCUT2D eigenvalue weighted by molar-refractivity contribution is -0.394. The fraction of sp³-hybridized carbons (Fsp3) is 0.122. The van der Waals surface area contributed by atoms with Gasteiger partial charge in [-0.05, 0) is 72.2 Å². The maximum atomic E-state index is 10.8. The number of non-ortho nitro benzene ring substituents is 1. The number of nitro groups is 3. The van der Waals surface area contributed by atoms with Crippen LogP contribution in [0.4, 0.5) is 17.1 Å². The van der Waals surface area contributed by atoms with Crippen LogP contribution in [0.2, 0.25) is 5.02 Å². The van der Waals surface area contributed by atoms with Gasteiger partial charge in [-0.15, -0.1) is 15.3 Å². The second-order valence-electron chi connectivity index (χ2n) is 13.8. The van der Waals surface area contributed by atoms with E-state index in [4.69, 9.17) is 67.7 Å². The minimum Gasteiger partial charge on any atom is -0.493 e. The number of hydrogen-bond acceptors (Lipinski definition) is 22. The van der Waals surface area contributed by atoms with E-state index in [0.29, 0.717) is 27.3 Å². The average Bonchev–Trinajstić information content (AvgIpc) is 3.39. The van der Waals surface area contributed by atoms with Gasteiger partial charge in [-0.3, -0.25) is 55.1 Å². The van der Waals surface area contributed by atoms with Gasteiger partial charge in [0.25, 0.3) is 37.3 Å². The molecular weight excluding hydrogens is 1170 g/mol. The summed E-state index contributed by atoms with van der Waals surface area (Å²) in [5.41, 5.74) is 21.6. The fourth-order valence-electron chi connectivity index (χ4n) is 4.90. The predicted molar refractivity (Wildman–Crippen MR) is 286 cm³/mol. The molecule has 78 heavy (non-hydrogen) atoms. The number of rotatable bonds is 14. The van der Waals surface area contributed by atoms with E-state index in [1.807, 2.05) is 13.8 Å². The molecule has 0 amide bonds. The van der Waals surface area contributed by atoms with Crippen molar-refractivity contribution in [2.45, 2.75) is 23.6 Å². The summed E-state index contributed by atoms with van der Waals surface area (Å²) in [6, 6.07) is 20.9. The van der Waals surface area contributed by atoms with Crippen molar-refractivity contribution in [3.8, 4) is 17.2 Å². The number of hydrogen-bond donors (Lipinski definition) is 11. The van der Waals surface area contributed by atoms with E-state index in [2.05, 4.69) is 46.5 Å². The highest BCUT2D eigenvalue weighted by Gasteiger charge is 2.20. The Morgan fingerprint density at radius 3 is 1.40 bits per heavy atom. The van der Waals surface area contributed by atoms with Crippen molar-refractivity contribution in [3.05, 3.63) is 159 Å². The predicted octanol–water partition coefficient (Wildman–Crippen LogP) is 4.59. The molecule has 420 valence electrons. The summed E-state index contributed by atoms with van der Waals surface area (Å²) in [7, 11) is -3.51. The molecule has 5 aromatic carbocycles. The summed E-state index contributed by atoms with van der Waals surface area (Å²) in [5, 5.41) is 77.8. The molecule has 0 spiro atoms. The summed E-state index contributed by atoms with van der Waals surface area (Å²) in [5.74, 6) is 0.400. The summed E-state index contributed by atoms with van der Waals surface area (Å²) >= 11 is 9.17. The van der Waals surface area contributed by atoms with Crippen LogP contribution in [0.3, 0.4) is 0 Å². The normalized spacial score (nSPS) is 11.6. The van der Waals surface area contributed by atoms with Gasteiger partial charge < -0.3 is 31.4 Å². The maximum Gasteiger partial charge on any atom is 0.294 e. The van der Waals surface area contributed by atoms with Gasteiger partial charge in [0.1, 0.15) is 0 Å². The van der Waals surface area contributed by atoms with Gasteiger partial charge in [0.15, 0.2) is 11.5 Å². The van der Waals surface area contributed by atoms with Gasteiger partial charge in [-0.25, -0.2) is 16.4 Å². The fourth-order valence-corrected chi connectivity index (χ4v) is 6.64. The molecule has 0 saturated carbocycles. The van der Waals surface area contributed by atoms with Gasteiger partial charge in [0.05, 0.1) is 91.2 Å². The number of aryl methyl sites for hydroxylation is 2. The highest BCUT2D eigenvalue weighted by atomic mass is 79.9. The quantitative estimate of drug-likeness (QED) is 0.0238. The molecule has 5 aromatic rings. The molecule has 0 aliphatic carbocycles. The van der Waals surface area contributed by atoms with Gasteiger partial charge in [-0.1, -0.05) is 53.1 Å². The van der Waals surface area contributed by atoms with Crippen LogP contribution < -0.4 is 47.9 Å². The second-order valence-corrected chi connectivity index (χ2v) is 17.9. The number of ether oxygens (including phenoxy) is 3. The molecule has 0 heterocycles. The van der Waals surface area contributed by atoms with Crippen LogP contribution >= 0.6 is 27.5 Å². The molecule has 0 aliphatic rings. The number of halogens is 2. The number of benzene rings is 5. The molecule has 37 heteroatoms. The first-order chi connectivity index (χ1) is 36.6. The van der Waals surface area contributed by atoms with Crippen molar-refractivity contribution in [3.63, 3.8) is 0 Å². The number of nitrogens with one attached hydrogen (secondary N) is 3. The Labute approximate surface area is 455 Å². The van der Waals surface area contributed by atoms with E-state index >= 15 is 0 Å². The number of methoxy groups -OCH3 is 3. The SMILES string of the molecule is COc1cc(C=NN=C(N)NO)c(Br)c(OC)c1OC.Cc1ccc(S(=O)(=O)O)cc1.Cc1ccc(S(=O)(=O)O)cc1.NC(=NN=Cc1c(Cl)cccc1[N+](=O)[O-])NO.NC(=NN=Cc1ccc([N+](=O)[O-])cc1[N+](=O)[O-])NO. The lowest BCUT2D eigenvalue weighted by Crippen LogP contribution is -2.27. The molecule has 0 fully saturated rings. The third-order valence-corrected chi connectivity index (χ3v) is 11.4. The Kier molecular flexibility index (Phi) is 28.4. The van der Waals surface area contributed by atoms with Crippen LogP contribution in [0.1, 0.15) is 27.8 Å². The Morgan fingerprint density at radius 2 is 1.03 bits per heavy atom. The Morgan fingerprint density at radius 1 is 0.603 bits per heavy atom. The molecule has 0 radical (unpaired) electrons. The number of hydroxylamine groups is 3. The van der Waals surface area contributed by atoms with Crippen LogP contribution in [0, 0.1) is 44.2 Å². The Hall–Kier alpha value is -9.01. The first-order valence-corrected chi connectivity index (χ1v) is 24.4. The summed E-state index contributed by atoms with van der Waals surface area (Å²) in [4.78, 5) is 29.7. The van der Waals surface area contributed by atoms with Crippen molar-refractivity contribution in [2.24, 2.45) is 47.8 Å². The largest absolute Gasteiger partial charge is 0.493 e. The number of guanidine groups is 3. The third kappa shape index (κ3) is 23.3. The molecule has 0 atom stereocenters. The first kappa shape index (κ1) is 67.0. The van der Waals surface area contributed by atoms with Gasteiger partial charge in [-0.2, -0.15) is 32.1 Å². The summed E-state index contributed by atoms with van der Waals surface area (Å²) < 4.78 is 75.5. The van der Waals surface area contributed by atoms with E-state index < -0.39 is 52.3 Å². The van der Waals surface area contributed by atoms with Gasteiger partial charge in [0, 0.05) is 17.7 Å². The van der Waals surface area contributed by atoms with Crippen LogP contribution in [0.15, 0.2) is 136 Å². The lowest BCUT2D eigenvalue weighted by Gasteiger charge is -2.14. The zero-order chi connectivity index (χ0) is 59.3. The lowest BCUT2D eigenvalue weighted by atomic mass is 10.2. The van der Waals surface area contributed by atoms with E-state index in [1.54, 1.807) is 41.3 Å². The van der Waals surface area contributed by atoms with Crippen LogP contribution in [0.25, 0.3) is 0 Å². The number of nitrogens with two attached hydrogens (primary N) is 3. The molecule has 0 aliphatic heterocycles. The third-order valence-electron chi connectivity index (χ3n) is 8.50. The molecule has 0 unspecified atom stereocenters. The standard InChI is InChI=1S/C11H15BrN4O4.C8H8ClN5O3.C8H8N6O5.2C7H8O3S/c1-18-7-4-6(5-14-15-11(13)16-17)8(12)10(20-3)9(7)19-2;9-6-2-1-3-7(14(16)17)5(6)4-11-12-8(10)13-15;9-8(12-15)11-10-4-5-1-2-6(13(16)17)3-7(5)14(18)19;2*1-6-2-4-7(5-3-6)11(8,9)10/h4-5,17H,1-3H3,(H3,13,15,16);1-4,15H,(H3,10,12,13);1-4,15H,(H3,9,11,12);2*2-5H,1H3,(H,8,9,10). The van der Waals surface area contributed by atoms with Crippen molar-refractivity contribution in [1.82, 2.24) is 16.4 Å². The van der Waals surface area contributed by atoms with Crippen molar-refractivity contribution >= 4 is 101 Å². The van der Waals surface area contributed by atoms with E-state index in [9.17, 15) is 47.2 Å². The van der Waals surface area contributed by atoms with E-state index in [1.165, 1.54) is 75.5 Å². The number of nitrogens with zero attached hydrogens (tertiary/aromatic N) is 9. The molecule has 33 nitrogen and oxygen atoms in total. The van der Waals surface area contributed by atoms with Gasteiger partial charge in [0.2, 0.25) is 23.6 Å². The molecule has 0 bridgehead atoms. The smallest absolute Gasteiger partial charge is 0.294 e. The van der Waals surface area contributed by atoms with Crippen LogP contribution in [0.5, 0.6) is 17.2 Å². The van der Waals surface area contributed by atoms with Crippen LogP contribution in [-0.2, 0) is 20.2 Å².